The third kappa shape index (κ3) is 1.99. The summed E-state index contributed by atoms with van der Waals surface area (Å²) >= 11 is 1.89. The van der Waals surface area contributed by atoms with Crippen LogP contribution < -0.4 is 5.73 Å². The fourth-order valence-corrected chi connectivity index (χ4v) is 3.93. The van der Waals surface area contributed by atoms with Gasteiger partial charge in [-0.25, -0.2) is 0 Å². The van der Waals surface area contributed by atoms with Gasteiger partial charge >= 0.3 is 0 Å². The summed E-state index contributed by atoms with van der Waals surface area (Å²) in [5, 5.41) is 4.36. The van der Waals surface area contributed by atoms with Crippen molar-refractivity contribution in [3.05, 3.63) is 39.3 Å². The van der Waals surface area contributed by atoms with Gasteiger partial charge in [0.15, 0.2) is 0 Å². The van der Waals surface area contributed by atoms with Crippen LogP contribution in [0.1, 0.15) is 46.8 Å². The Morgan fingerprint density at radius 1 is 1.50 bits per heavy atom. The van der Waals surface area contributed by atoms with Crippen molar-refractivity contribution in [1.82, 2.24) is 9.78 Å². The maximum atomic E-state index is 6.40. The molecule has 1 atom stereocenters. The van der Waals surface area contributed by atoms with Crippen LogP contribution in [0.15, 0.2) is 18.3 Å². The van der Waals surface area contributed by atoms with Gasteiger partial charge in [-0.2, -0.15) is 5.10 Å². The van der Waals surface area contributed by atoms with E-state index in [1.165, 1.54) is 29.7 Å². The summed E-state index contributed by atoms with van der Waals surface area (Å²) in [5.41, 5.74) is 9.06. The minimum atomic E-state index is -0.0188. The molecule has 18 heavy (non-hydrogen) atoms. The van der Waals surface area contributed by atoms with Gasteiger partial charge in [0.05, 0.1) is 11.7 Å². The van der Waals surface area contributed by atoms with Crippen molar-refractivity contribution in [2.45, 2.75) is 45.2 Å². The van der Waals surface area contributed by atoms with E-state index in [2.05, 4.69) is 18.1 Å². The van der Waals surface area contributed by atoms with E-state index < -0.39 is 0 Å². The number of nitrogens with zero attached hydrogens (tertiary/aromatic N) is 2. The molecule has 2 aromatic rings. The number of aromatic nitrogens is 2. The lowest BCUT2D eigenvalue weighted by Gasteiger charge is -2.12. The molecule has 0 spiro atoms. The molecule has 0 bridgehead atoms. The van der Waals surface area contributed by atoms with Crippen LogP contribution in [0.4, 0.5) is 0 Å². The van der Waals surface area contributed by atoms with Crippen molar-refractivity contribution < 1.29 is 0 Å². The molecule has 2 N–H and O–H groups in total. The quantitative estimate of drug-likeness (QED) is 0.919. The minimum Gasteiger partial charge on any atom is -0.318 e. The van der Waals surface area contributed by atoms with Crippen molar-refractivity contribution in [2.75, 3.05) is 0 Å². The summed E-state index contributed by atoms with van der Waals surface area (Å²) in [6.07, 6.45) is 6.71. The highest BCUT2D eigenvalue weighted by molar-refractivity contribution is 7.12. The van der Waals surface area contributed by atoms with E-state index in [9.17, 15) is 0 Å². The van der Waals surface area contributed by atoms with Crippen LogP contribution in [0.5, 0.6) is 0 Å². The molecule has 0 aliphatic heterocycles. The van der Waals surface area contributed by atoms with E-state index in [0.717, 1.165) is 18.7 Å². The first-order valence-electron chi connectivity index (χ1n) is 6.68. The Kier molecular flexibility index (Phi) is 3.22. The van der Waals surface area contributed by atoms with E-state index in [0.29, 0.717) is 0 Å². The molecule has 2 aromatic heterocycles. The average molecular weight is 261 g/mol. The van der Waals surface area contributed by atoms with E-state index >= 15 is 0 Å². The predicted molar refractivity (Wildman–Crippen MR) is 74.9 cm³/mol. The Morgan fingerprint density at radius 3 is 3.17 bits per heavy atom. The SMILES string of the molecule is CCCn1nccc1C(N)c1cc2c(s1)CCC2. The van der Waals surface area contributed by atoms with Gasteiger partial charge in [0.2, 0.25) is 0 Å². The molecule has 1 unspecified atom stereocenters. The number of thiophene rings is 1. The van der Waals surface area contributed by atoms with Crippen molar-refractivity contribution in [1.29, 1.82) is 0 Å². The third-order valence-corrected chi connectivity index (χ3v) is 4.90. The molecule has 4 heteroatoms. The Bertz CT molecular complexity index is 519. The summed E-state index contributed by atoms with van der Waals surface area (Å²) in [6.45, 7) is 3.11. The van der Waals surface area contributed by atoms with Crippen molar-refractivity contribution in [3.8, 4) is 0 Å². The van der Waals surface area contributed by atoms with Crippen LogP contribution in [0.25, 0.3) is 0 Å². The van der Waals surface area contributed by atoms with Gasteiger partial charge in [-0.15, -0.1) is 11.3 Å². The smallest absolute Gasteiger partial charge is 0.0817 e. The summed E-state index contributed by atoms with van der Waals surface area (Å²) in [5.74, 6) is 0. The first-order chi connectivity index (χ1) is 8.79. The monoisotopic (exact) mass is 261 g/mol. The van der Waals surface area contributed by atoms with Gasteiger partial charge in [0.1, 0.15) is 0 Å². The van der Waals surface area contributed by atoms with Crippen LogP contribution in [-0.2, 0) is 19.4 Å². The van der Waals surface area contributed by atoms with E-state index in [4.69, 9.17) is 5.73 Å². The molecular weight excluding hydrogens is 242 g/mol. The second-order valence-corrected chi connectivity index (χ2v) is 6.08. The van der Waals surface area contributed by atoms with Crippen LogP contribution in [0, 0.1) is 0 Å². The molecule has 0 fully saturated rings. The zero-order valence-electron chi connectivity index (χ0n) is 10.7. The van der Waals surface area contributed by atoms with E-state index in [1.807, 2.05) is 28.3 Å². The molecule has 0 radical (unpaired) electrons. The van der Waals surface area contributed by atoms with Crippen LogP contribution in [0.2, 0.25) is 0 Å². The van der Waals surface area contributed by atoms with Gasteiger partial charge in [0, 0.05) is 22.5 Å². The standard InChI is InChI=1S/C14H19N3S/c1-2-8-17-11(6-7-16-17)14(15)13-9-10-4-3-5-12(10)18-13/h6-7,9,14H,2-5,8,15H2,1H3. The van der Waals surface area contributed by atoms with Crippen molar-refractivity contribution >= 4 is 11.3 Å². The van der Waals surface area contributed by atoms with Crippen molar-refractivity contribution in [2.24, 2.45) is 5.73 Å². The first-order valence-corrected chi connectivity index (χ1v) is 7.50. The number of fused-ring (bicyclic) bond motifs is 1. The third-order valence-electron chi connectivity index (χ3n) is 3.58. The largest absolute Gasteiger partial charge is 0.318 e. The van der Waals surface area contributed by atoms with Crippen LogP contribution in [-0.4, -0.2) is 9.78 Å². The molecule has 3 rings (SSSR count). The second kappa shape index (κ2) is 4.86. The lowest BCUT2D eigenvalue weighted by Crippen LogP contribution is -2.16. The molecule has 1 aliphatic carbocycles. The summed E-state index contributed by atoms with van der Waals surface area (Å²) in [6, 6.07) is 4.33. The van der Waals surface area contributed by atoms with E-state index in [-0.39, 0.29) is 6.04 Å². The highest BCUT2D eigenvalue weighted by Gasteiger charge is 2.20. The maximum absolute atomic E-state index is 6.40. The Hall–Kier alpha value is -1.13. The maximum Gasteiger partial charge on any atom is 0.0817 e. The average Bonchev–Trinajstić information content (AvgIpc) is 3.02. The molecule has 0 saturated heterocycles. The lowest BCUT2D eigenvalue weighted by atomic mass is 10.1. The minimum absolute atomic E-state index is 0.0188. The lowest BCUT2D eigenvalue weighted by molar-refractivity contribution is 0.561. The highest BCUT2D eigenvalue weighted by Crippen LogP contribution is 2.35. The molecular formula is C14H19N3S. The Labute approximate surface area is 112 Å². The van der Waals surface area contributed by atoms with Gasteiger partial charge < -0.3 is 5.73 Å². The summed E-state index contributed by atoms with van der Waals surface area (Å²) in [7, 11) is 0. The molecule has 96 valence electrons. The van der Waals surface area contributed by atoms with Crippen molar-refractivity contribution in [3.63, 3.8) is 0 Å². The number of nitrogens with two attached hydrogens (primary N) is 1. The van der Waals surface area contributed by atoms with E-state index in [1.54, 1.807) is 4.88 Å². The summed E-state index contributed by atoms with van der Waals surface area (Å²) in [4.78, 5) is 2.83. The zero-order chi connectivity index (χ0) is 12.5. The van der Waals surface area contributed by atoms with Gasteiger partial charge in [0.25, 0.3) is 0 Å². The molecule has 0 saturated carbocycles. The first kappa shape index (κ1) is 11.9. The molecule has 0 amide bonds. The fraction of sp³-hybridized carbons (Fsp3) is 0.500. The molecule has 3 nitrogen and oxygen atoms in total. The zero-order valence-corrected chi connectivity index (χ0v) is 11.5. The molecule has 0 aromatic carbocycles. The number of hydrogen-bond donors (Lipinski definition) is 1. The van der Waals surface area contributed by atoms with Crippen LogP contribution in [0.3, 0.4) is 0 Å². The summed E-state index contributed by atoms with van der Waals surface area (Å²) < 4.78 is 2.04. The normalized spacial score (nSPS) is 15.9. The fourth-order valence-electron chi connectivity index (χ4n) is 2.66. The van der Waals surface area contributed by atoms with Gasteiger partial charge in [-0.05, 0) is 43.4 Å². The Morgan fingerprint density at radius 2 is 2.39 bits per heavy atom. The van der Waals surface area contributed by atoms with Gasteiger partial charge in [-0.3, -0.25) is 4.68 Å². The number of rotatable bonds is 4. The number of hydrogen-bond acceptors (Lipinski definition) is 3. The predicted octanol–water partition coefficient (Wildman–Crippen LogP) is 2.89. The van der Waals surface area contributed by atoms with Crippen LogP contribution >= 0.6 is 11.3 Å². The molecule has 1 aliphatic rings. The second-order valence-electron chi connectivity index (χ2n) is 4.91. The van der Waals surface area contributed by atoms with Gasteiger partial charge in [-0.1, -0.05) is 6.92 Å². The topological polar surface area (TPSA) is 43.8 Å². The molecule has 2 heterocycles. The Balaban J connectivity index is 1.88. The highest BCUT2D eigenvalue weighted by atomic mass is 32.1. The number of aryl methyl sites for hydroxylation is 3.